The zero-order chi connectivity index (χ0) is 21.7. The van der Waals surface area contributed by atoms with Gasteiger partial charge in [0, 0.05) is 10.5 Å². The first-order valence-corrected chi connectivity index (χ1v) is 16.3. The van der Waals surface area contributed by atoms with Gasteiger partial charge in [-0.3, -0.25) is 0 Å². The maximum absolute atomic E-state index is 2.66. The minimum Gasteiger partial charge on any atom is -0.155 e. The second kappa shape index (κ2) is 9.78. The molecule has 0 aliphatic heterocycles. The highest BCUT2D eigenvalue weighted by atomic mass is 32.2. The fraction of sp³-hybridized carbons (Fsp3) is 1.00. The van der Waals surface area contributed by atoms with Gasteiger partial charge in [-0.15, -0.1) is 0 Å². The maximum atomic E-state index is 2.66. The maximum Gasteiger partial charge on any atom is 0.00838 e. The van der Waals surface area contributed by atoms with E-state index in [2.05, 4.69) is 25.6 Å². The van der Waals surface area contributed by atoms with E-state index in [1.807, 2.05) is 0 Å². The van der Waals surface area contributed by atoms with Crippen molar-refractivity contribution < 1.29 is 0 Å². The Morgan fingerprint density at radius 2 is 1.28 bits per heavy atom. The van der Waals surface area contributed by atoms with Gasteiger partial charge in [-0.2, -0.15) is 11.8 Å². The Balaban J connectivity index is 1.16. The van der Waals surface area contributed by atoms with Gasteiger partial charge in [0.1, 0.15) is 0 Å². The van der Waals surface area contributed by atoms with Crippen molar-refractivity contribution in [2.24, 2.45) is 59.2 Å². The normalized spacial score (nSPS) is 50.1. The molecule has 0 aromatic heterocycles. The van der Waals surface area contributed by atoms with E-state index in [1.165, 1.54) is 32.1 Å². The third kappa shape index (κ3) is 4.37. The topological polar surface area (TPSA) is 0 Å². The van der Waals surface area contributed by atoms with Crippen molar-refractivity contribution in [3.05, 3.63) is 0 Å². The van der Waals surface area contributed by atoms with Crippen molar-refractivity contribution in [2.75, 3.05) is 0 Å². The lowest BCUT2D eigenvalue weighted by atomic mass is 9.67. The average Bonchev–Trinajstić information content (AvgIpc) is 3.50. The molecule has 0 N–H and O–H groups in total. The standard InChI is InChI=1S/C31H52S/c1-20(22-9-4-3-5-10-22)15-25-19-31(29-18-24-12-8-11-23(24)17-28(25)29)32-30-16-21(2)26-13-6-7-14-27(26)30/h20-31H,3-19H2,1-2H3. The molecule has 32 heavy (non-hydrogen) atoms. The minimum absolute atomic E-state index is 1.00. The molecule has 0 nitrogen and oxygen atoms in total. The molecule has 0 spiro atoms. The Kier molecular flexibility index (Phi) is 6.96. The molecule has 6 rings (SSSR count). The van der Waals surface area contributed by atoms with Crippen LogP contribution in [0.1, 0.15) is 123 Å². The molecular weight excluding hydrogens is 404 g/mol. The van der Waals surface area contributed by atoms with Gasteiger partial charge in [0.2, 0.25) is 0 Å². The van der Waals surface area contributed by atoms with Gasteiger partial charge < -0.3 is 0 Å². The fourth-order valence-corrected chi connectivity index (χ4v) is 12.9. The monoisotopic (exact) mass is 456 g/mol. The third-order valence-electron chi connectivity index (χ3n) is 12.3. The first kappa shape index (κ1) is 22.8. The molecule has 6 aliphatic rings. The van der Waals surface area contributed by atoms with Gasteiger partial charge in [-0.1, -0.05) is 78.1 Å². The molecule has 6 fully saturated rings. The van der Waals surface area contributed by atoms with Crippen LogP contribution in [0.2, 0.25) is 0 Å². The highest BCUT2D eigenvalue weighted by Gasteiger charge is 2.52. The second-order valence-corrected chi connectivity index (χ2v) is 15.4. The quantitative estimate of drug-likeness (QED) is 0.397. The lowest BCUT2D eigenvalue weighted by Gasteiger charge is -2.40. The van der Waals surface area contributed by atoms with Crippen molar-refractivity contribution in [1.29, 1.82) is 0 Å². The number of rotatable bonds is 5. The van der Waals surface area contributed by atoms with Crippen molar-refractivity contribution >= 4 is 11.8 Å². The minimum atomic E-state index is 1.00. The lowest BCUT2D eigenvalue weighted by molar-refractivity contribution is 0.113. The van der Waals surface area contributed by atoms with E-state index >= 15 is 0 Å². The summed E-state index contributed by atoms with van der Waals surface area (Å²) >= 11 is 2.59. The van der Waals surface area contributed by atoms with E-state index in [-0.39, 0.29) is 0 Å². The van der Waals surface area contributed by atoms with Crippen LogP contribution in [0.4, 0.5) is 0 Å². The molecule has 0 aromatic carbocycles. The Hall–Kier alpha value is 0.350. The van der Waals surface area contributed by atoms with Crippen LogP contribution >= 0.6 is 11.8 Å². The molecule has 6 saturated carbocycles. The Bertz CT molecular complexity index is 622. The summed E-state index contributed by atoms with van der Waals surface area (Å²) in [6.45, 7) is 5.28. The molecule has 0 heterocycles. The predicted octanol–water partition coefficient (Wildman–Crippen LogP) is 9.37. The summed E-state index contributed by atoms with van der Waals surface area (Å²) in [6, 6.07) is 0. The molecule has 6 aliphatic carbocycles. The molecule has 11 unspecified atom stereocenters. The van der Waals surface area contributed by atoms with Gasteiger partial charge in [0.25, 0.3) is 0 Å². The average molecular weight is 457 g/mol. The molecule has 0 amide bonds. The van der Waals surface area contributed by atoms with E-state index in [0.717, 1.165) is 69.7 Å². The van der Waals surface area contributed by atoms with Crippen molar-refractivity contribution in [1.82, 2.24) is 0 Å². The van der Waals surface area contributed by atoms with E-state index in [9.17, 15) is 0 Å². The molecular formula is C31H52S. The van der Waals surface area contributed by atoms with Crippen molar-refractivity contribution in [2.45, 2.75) is 134 Å². The van der Waals surface area contributed by atoms with Crippen LogP contribution in [0.3, 0.4) is 0 Å². The van der Waals surface area contributed by atoms with Gasteiger partial charge >= 0.3 is 0 Å². The molecule has 11 atom stereocenters. The van der Waals surface area contributed by atoms with Gasteiger partial charge in [-0.05, 0) is 104 Å². The first-order valence-electron chi connectivity index (χ1n) is 15.3. The summed E-state index contributed by atoms with van der Waals surface area (Å²) < 4.78 is 0. The highest BCUT2D eigenvalue weighted by molar-refractivity contribution is 8.00. The highest BCUT2D eigenvalue weighted by Crippen LogP contribution is 2.61. The second-order valence-electron chi connectivity index (χ2n) is 13.9. The van der Waals surface area contributed by atoms with Crippen LogP contribution in [-0.2, 0) is 0 Å². The van der Waals surface area contributed by atoms with Crippen LogP contribution in [0.25, 0.3) is 0 Å². The summed E-state index contributed by atoms with van der Waals surface area (Å²) in [5.41, 5.74) is 0. The predicted molar refractivity (Wildman–Crippen MR) is 140 cm³/mol. The largest absolute Gasteiger partial charge is 0.155 e. The van der Waals surface area contributed by atoms with Gasteiger partial charge in [0.15, 0.2) is 0 Å². The van der Waals surface area contributed by atoms with E-state index in [1.54, 1.807) is 77.0 Å². The summed E-state index contributed by atoms with van der Waals surface area (Å²) in [4.78, 5) is 0. The van der Waals surface area contributed by atoms with E-state index in [4.69, 9.17) is 0 Å². The summed E-state index contributed by atoms with van der Waals surface area (Å²) in [5, 5.41) is 2.06. The molecule has 0 bridgehead atoms. The van der Waals surface area contributed by atoms with Crippen molar-refractivity contribution in [3.63, 3.8) is 0 Å². The van der Waals surface area contributed by atoms with E-state index in [0.29, 0.717) is 0 Å². The fourth-order valence-electron chi connectivity index (χ4n) is 10.7. The summed E-state index contributed by atoms with van der Waals surface area (Å²) in [7, 11) is 0. The van der Waals surface area contributed by atoms with Crippen LogP contribution in [0, 0.1) is 59.2 Å². The van der Waals surface area contributed by atoms with Crippen LogP contribution in [0.5, 0.6) is 0 Å². The third-order valence-corrected chi connectivity index (χ3v) is 14.1. The van der Waals surface area contributed by atoms with E-state index < -0.39 is 0 Å². The Morgan fingerprint density at radius 3 is 2.06 bits per heavy atom. The summed E-state index contributed by atoms with van der Waals surface area (Å²) in [5.74, 6) is 10.8. The first-order chi connectivity index (χ1) is 15.7. The number of hydrogen-bond donors (Lipinski definition) is 0. The number of fused-ring (bicyclic) bond motifs is 3. The smallest absolute Gasteiger partial charge is 0.00838 e. The Labute approximate surface area is 204 Å². The summed E-state index contributed by atoms with van der Waals surface area (Å²) in [6.07, 6.45) is 26.6. The zero-order valence-corrected chi connectivity index (χ0v) is 22.2. The lowest BCUT2D eigenvalue weighted by Crippen LogP contribution is -2.33. The molecule has 0 radical (unpaired) electrons. The molecule has 1 heteroatoms. The van der Waals surface area contributed by atoms with Crippen LogP contribution in [-0.4, -0.2) is 10.5 Å². The number of hydrogen-bond acceptors (Lipinski definition) is 1. The SMILES string of the molecule is CC(CC1CC(SC2CC(C)C3CCCCC23)C2CC3CCCC3CC12)C1CCCCC1. The molecule has 0 aromatic rings. The molecule has 182 valence electrons. The van der Waals surface area contributed by atoms with Crippen molar-refractivity contribution in [3.8, 4) is 0 Å². The van der Waals surface area contributed by atoms with Crippen LogP contribution < -0.4 is 0 Å². The number of thioether (sulfide) groups is 1. The molecule has 0 saturated heterocycles. The van der Waals surface area contributed by atoms with Gasteiger partial charge in [0.05, 0.1) is 0 Å². The van der Waals surface area contributed by atoms with Gasteiger partial charge in [-0.25, -0.2) is 0 Å². The van der Waals surface area contributed by atoms with Crippen LogP contribution in [0.15, 0.2) is 0 Å². The Morgan fingerprint density at radius 1 is 0.625 bits per heavy atom. The zero-order valence-electron chi connectivity index (χ0n) is 21.4.